The third kappa shape index (κ3) is 3.47. The van der Waals surface area contributed by atoms with Gasteiger partial charge in [0.15, 0.2) is 5.76 Å². The van der Waals surface area contributed by atoms with Gasteiger partial charge in [0.05, 0.1) is 12.8 Å². The predicted molar refractivity (Wildman–Crippen MR) is 76.1 cm³/mol. The van der Waals surface area contributed by atoms with Gasteiger partial charge in [-0.2, -0.15) is 5.10 Å². The Balaban J connectivity index is 2.01. The van der Waals surface area contributed by atoms with Gasteiger partial charge in [-0.05, 0) is 38.1 Å². The highest BCUT2D eigenvalue weighted by Crippen LogP contribution is 2.15. The summed E-state index contributed by atoms with van der Waals surface area (Å²) in [5.41, 5.74) is 3.21. The van der Waals surface area contributed by atoms with E-state index in [1.807, 2.05) is 31.2 Å². The number of nitrogens with one attached hydrogen (secondary N) is 1. The Morgan fingerprint density at radius 1 is 1.35 bits per heavy atom. The lowest BCUT2D eigenvalue weighted by molar-refractivity contribution is 0.0926. The quantitative estimate of drug-likeness (QED) is 0.672. The summed E-state index contributed by atoms with van der Waals surface area (Å²) >= 11 is 0. The SMILES string of the molecule is CCOc1ccccc1/C=N/NC(=O)c1ccc(C)o1. The maximum absolute atomic E-state index is 11.7. The van der Waals surface area contributed by atoms with Gasteiger partial charge in [0.2, 0.25) is 0 Å². The monoisotopic (exact) mass is 272 g/mol. The summed E-state index contributed by atoms with van der Waals surface area (Å²) in [6.45, 7) is 4.26. The molecule has 0 bridgehead atoms. The number of para-hydroxylation sites is 1. The van der Waals surface area contributed by atoms with Gasteiger partial charge in [-0.1, -0.05) is 12.1 Å². The first-order valence-electron chi connectivity index (χ1n) is 6.32. The Labute approximate surface area is 117 Å². The van der Waals surface area contributed by atoms with E-state index >= 15 is 0 Å². The van der Waals surface area contributed by atoms with Crippen molar-refractivity contribution in [2.45, 2.75) is 13.8 Å². The minimum Gasteiger partial charge on any atom is -0.493 e. The number of hydrogen-bond acceptors (Lipinski definition) is 4. The van der Waals surface area contributed by atoms with Crippen molar-refractivity contribution >= 4 is 12.1 Å². The van der Waals surface area contributed by atoms with Gasteiger partial charge in [-0.3, -0.25) is 4.79 Å². The van der Waals surface area contributed by atoms with E-state index in [4.69, 9.17) is 9.15 Å². The Kier molecular flexibility index (Phi) is 4.55. The topological polar surface area (TPSA) is 63.8 Å². The largest absolute Gasteiger partial charge is 0.493 e. The molecule has 0 atom stereocenters. The van der Waals surface area contributed by atoms with E-state index < -0.39 is 0 Å². The summed E-state index contributed by atoms with van der Waals surface area (Å²) in [6, 6.07) is 10.8. The first kappa shape index (κ1) is 13.9. The van der Waals surface area contributed by atoms with Crippen molar-refractivity contribution in [3.05, 3.63) is 53.5 Å². The van der Waals surface area contributed by atoms with Crippen LogP contribution in [-0.4, -0.2) is 18.7 Å². The van der Waals surface area contributed by atoms with Crippen LogP contribution < -0.4 is 10.2 Å². The number of benzene rings is 1. The number of aryl methyl sites for hydroxylation is 1. The van der Waals surface area contributed by atoms with Crippen LogP contribution in [0.5, 0.6) is 5.75 Å². The van der Waals surface area contributed by atoms with Crippen LogP contribution in [0.25, 0.3) is 0 Å². The molecule has 0 aliphatic carbocycles. The van der Waals surface area contributed by atoms with Gasteiger partial charge in [-0.15, -0.1) is 0 Å². The standard InChI is InChI=1S/C15H16N2O3/c1-3-19-13-7-5-4-6-12(13)10-16-17-15(18)14-9-8-11(2)20-14/h4-10H,3H2,1-2H3,(H,17,18)/b16-10+. The minimum atomic E-state index is -0.386. The molecule has 1 aromatic heterocycles. The molecule has 2 aromatic rings. The molecule has 0 fully saturated rings. The second kappa shape index (κ2) is 6.56. The van der Waals surface area contributed by atoms with Crippen LogP contribution in [0.4, 0.5) is 0 Å². The van der Waals surface area contributed by atoms with E-state index in [0.29, 0.717) is 12.4 Å². The van der Waals surface area contributed by atoms with Crippen LogP contribution in [0.3, 0.4) is 0 Å². The highest BCUT2D eigenvalue weighted by molar-refractivity contribution is 5.92. The van der Waals surface area contributed by atoms with Gasteiger partial charge in [0, 0.05) is 5.56 Å². The number of hydrazone groups is 1. The van der Waals surface area contributed by atoms with Crippen molar-refractivity contribution in [3.8, 4) is 5.75 Å². The molecule has 0 unspecified atom stereocenters. The van der Waals surface area contributed by atoms with Crippen LogP contribution in [-0.2, 0) is 0 Å². The van der Waals surface area contributed by atoms with Gasteiger partial charge in [0.25, 0.3) is 0 Å². The predicted octanol–water partition coefficient (Wildman–Crippen LogP) is 2.75. The molecule has 1 N–H and O–H groups in total. The van der Waals surface area contributed by atoms with Crippen LogP contribution in [0, 0.1) is 6.92 Å². The zero-order valence-corrected chi connectivity index (χ0v) is 11.4. The van der Waals surface area contributed by atoms with Crippen LogP contribution >= 0.6 is 0 Å². The summed E-state index contributed by atoms with van der Waals surface area (Å²) in [6.07, 6.45) is 1.54. The molecule has 1 aromatic carbocycles. The zero-order valence-electron chi connectivity index (χ0n) is 11.4. The van der Waals surface area contributed by atoms with E-state index in [9.17, 15) is 4.79 Å². The van der Waals surface area contributed by atoms with Crippen molar-refractivity contribution in [1.29, 1.82) is 0 Å². The Morgan fingerprint density at radius 3 is 2.85 bits per heavy atom. The van der Waals surface area contributed by atoms with Crippen molar-refractivity contribution < 1.29 is 13.9 Å². The number of furan rings is 1. The lowest BCUT2D eigenvalue weighted by atomic mass is 10.2. The maximum Gasteiger partial charge on any atom is 0.307 e. The summed E-state index contributed by atoms with van der Waals surface area (Å²) < 4.78 is 10.7. The number of carbonyl (C=O) groups excluding carboxylic acids is 1. The van der Waals surface area contributed by atoms with Gasteiger partial charge in [0.1, 0.15) is 11.5 Å². The second-order valence-electron chi connectivity index (χ2n) is 4.08. The van der Waals surface area contributed by atoms with Gasteiger partial charge >= 0.3 is 5.91 Å². The summed E-state index contributed by atoms with van der Waals surface area (Å²) in [7, 11) is 0. The fourth-order valence-electron chi connectivity index (χ4n) is 1.65. The van der Waals surface area contributed by atoms with Crippen LogP contribution in [0.15, 0.2) is 45.9 Å². The van der Waals surface area contributed by atoms with E-state index in [1.165, 1.54) is 0 Å². The van der Waals surface area contributed by atoms with Crippen molar-refractivity contribution in [2.75, 3.05) is 6.61 Å². The average molecular weight is 272 g/mol. The molecule has 0 aliphatic rings. The lowest BCUT2D eigenvalue weighted by Crippen LogP contribution is -2.16. The van der Waals surface area contributed by atoms with E-state index in [2.05, 4.69) is 10.5 Å². The number of carbonyl (C=O) groups is 1. The molecular weight excluding hydrogens is 256 g/mol. The normalized spacial score (nSPS) is 10.7. The smallest absolute Gasteiger partial charge is 0.307 e. The molecule has 104 valence electrons. The van der Waals surface area contributed by atoms with E-state index in [0.717, 1.165) is 11.3 Å². The zero-order chi connectivity index (χ0) is 14.4. The fraction of sp³-hybridized carbons (Fsp3) is 0.200. The molecule has 0 aliphatic heterocycles. The Morgan fingerprint density at radius 2 is 2.15 bits per heavy atom. The van der Waals surface area contributed by atoms with Crippen molar-refractivity contribution in [1.82, 2.24) is 5.43 Å². The number of hydrogen-bond donors (Lipinski definition) is 1. The lowest BCUT2D eigenvalue weighted by Gasteiger charge is -2.05. The summed E-state index contributed by atoms with van der Waals surface area (Å²) in [5.74, 6) is 1.25. The molecular formula is C15H16N2O3. The fourth-order valence-corrected chi connectivity index (χ4v) is 1.65. The minimum absolute atomic E-state index is 0.234. The molecule has 1 heterocycles. The van der Waals surface area contributed by atoms with Crippen LogP contribution in [0.2, 0.25) is 0 Å². The number of rotatable bonds is 5. The van der Waals surface area contributed by atoms with Gasteiger partial charge < -0.3 is 9.15 Å². The summed E-state index contributed by atoms with van der Waals surface area (Å²) in [4.78, 5) is 11.7. The molecule has 0 saturated heterocycles. The summed E-state index contributed by atoms with van der Waals surface area (Å²) in [5, 5.41) is 3.91. The number of nitrogens with zero attached hydrogens (tertiary/aromatic N) is 1. The van der Waals surface area contributed by atoms with E-state index in [-0.39, 0.29) is 11.7 Å². The third-order valence-electron chi connectivity index (χ3n) is 2.55. The highest BCUT2D eigenvalue weighted by Gasteiger charge is 2.08. The Hall–Kier alpha value is -2.56. The van der Waals surface area contributed by atoms with Crippen LogP contribution in [0.1, 0.15) is 28.8 Å². The average Bonchev–Trinajstić information content (AvgIpc) is 2.88. The number of ether oxygens (including phenoxy) is 1. The molecule has 0 spiro atoms. The van der Waals surface area contributed by atoms with Crippen molar-refractivity contribution in [3.63, 3.8) is 0 Å². The van der Waals surface area contributed by atoms with Crippen molar-refractivity contribution in [2.24, 2.45) is 5.10 Å². The van der Waals surface area contributed by atoms with E-state index in [1.54, 1.807) is 25.3 Å². The molecule has 5 heteroatoms. The van der Waals surface area contributed by atoms with Gasteiger partial charge in [-0.25, -0.2) is 5.43 Å². The molecule has 0 saturated carbocycles. The number of amides is 1. The maximum atomic E-state index is 11.7. The molecule has 5 nitrogen and oxygen atoms in total. The first-order chi connectivity index (χ1) is 9.70. The second-order valence-corrected chi connectivity index (χ2v) is 4.08. The molecule has 2 rings (SSSR count). The molecule has 1 amide bonds. The third-order valence-corrected chi connectivity index (χ3v) is 2.55. The molecule has 0 radical (unpaired) electrons. The first-order valence-corrected chi connectivity index (χ1v) is 6.32. The highest BCUT2D eigenvalue weighted by atomic mass is 16.5. The molecule has 20 heavy (non-hydrogen) atoms. The Bertz CT molecular complexity index is 617.